The van der Waals surface area contributed by atoms with Gasteiger partial charge in [-0.1, -0.05) is 29.8 Å². The van der Waals surface area contributed by atoms with Gasteiger partial charge in [0.15, 0.2) is 0 Å². The van der Waals surface area contributed by atoms with E-state index in [4.69, 9.17) is 0 Å². The van der Waals surface area contributed by atoms with E-state index < -0.39 is 0 Å². The zero-order chi connectivity index (χ0) is 14.5. The average molecular weight is 274 g/mol. The third kappa shape index (κ3) is 4.64. The highest BCUT2D eigenvalue weighted by atomic mass is 16.1. The highest BCUT2D eigenvalue weighted by Crippen LogP contribution is 2.40. The van der Waals surface area contributed by atoms with E-state index in [1.54, 1.807) is 0 Å². The summed E-state index contributed by atoms with van der Waals surface area (Å²) < 4.78 is 0. The molecule has 2 rings (SSSR count). The lowest BCUT2D eigenvalue weighted by Gasteiger charge is -2.19. The molecule has 0 bridgehead atoms. The minimum absolute atomic E-state index is 0.131. The highest BCUT2D eigenvalue weighted by molar-refractivity contribution is 5.76. The Labute approximate surface area is 122 Å². The number of rotatable bonds is 7. The molecule has 1 aromatic rings. The van der Waals surface area contributed by atoms with E-state index in [0.29, 0.717) is 12.5 Å². The fraction of sp³-hybridized carbons (Fsp3) is 0.588. The van der Waals surface area contributed by atoms with Crippen LogP contribution < -0.4 is 10.6 Å². The minimum Gasteiger partial charge on any atom is -0.354 e. The highest BCUT2D eigenvalue weighted by Gasteiger charge is 2.31. The van der Waals surface area contributed by atoms with Crippen LogP contribution in [0.3, 0.4) is 0 Å². The first-order chi connectivity index (χ1) is 9.56. The topological polar surface area (TPSA) is 41.1 Å². The van der Waals surface area contributed by atoms with Gasteiger partial charge in [-0.25, -0.2) is 0 Å². The number of hydrogen-bond acceptors (Lipinski definition) is 2. The van der Waals surface area contributed by atoms with E-state index >= 15 is 0 Å². The fourth-order valence-corrected chi connectivity index (χ4v) is 2.50. The molecule has 3 heteroatoms. The summed E-state index contributed by atoms with van der Waals surface area (Å²) >= 11 is 0. The van der Waals surface area contributed by atoms with Gasteiger partial charge in [0, 0.05) is 25.0 Å². The number of aryl methyl sites for hydroxylation is 1. The molecule has 20 heavy (non-hydrogen) atoms. The van der Waals surface area contributed by atoms with Crippen molar-refractivity contribution in [1.82, 2.24) is 10.6 Å². The van der Waals surface area contributed by atoms with Crippen molar-refractivity contribution in [2.75, 3.05) is 6.54 Å². The second-order valence-electron chi connectivity index (χ2n) is 6.15. The summed E-state index contributed by atoms with van der Waals surface area (Å²) in [5.41, 5.74) is 2.64. The Morgan fingerprint density at radius 2 is 1.90 bits per heavy atom. The van der Waals surface area contributed by atoms with Crippen molar-refractivity contribution in [1.29, 1.82) is 0 Å². The van der Waals surface area contributed by atoms with E-state index in [1.165, 1.54) is 24.0 Å². The maximum Gasteiger partial charge on any atom is 0.221 e. The molecule has 1 aliphatic rings. The second kappa shape index (κ2) is 6.89. The monoisotopic (exact) mass is 274 g/mol. The van der Waals surface area contributed by atoms with Crippen LogP contribution in [0, 0.1) is 12.8 Å². The van der Waals surface area contributed by atoms with Crippen molar-refractivity contribution in [2.24, 2.45) is 5.92 Å². The molecule has 0 spiro atoms. The molecular weight excluding hydrogens is 248 g/mol. The first kappa shape index (κ1) is 15.0. The third-order valence-corrected chi connectivity index (χ3v) is 3.70. The Balaban J connectivity index is 1.84. The fourth-order valence-electron chi connectivity index (χ4n) is 2.50. The van der Waals surface area contributed by atoms with Gasteiger partial charge in [-0.15, -0.1) is 0 Å². The number of carbonyl (C=O) groups is 1. The summed E-state index contributed by atoms with van der Waals surface area (Å²) in [6.45, 7) is 6.84. The van der Waals surface area contributed by atoms with Crippen molar-refractivity contribution in [3.63, 3.8) is 0 Å². The SMILES string of the molecule is Cc1ccc(C(NCCC(=O)NC(C)C)C2CC2)cc1. The molecule has 0 saturated heterocycles. The molecule has 2 N–H and O–H groups in total. The van der Waals surface area contributed by atoms with Gasteiger partial charge >= 0.3 is 0 Å². The average Bonchev–Trinajstić information content (AvgIpc) is 3.19. The van der Waals surface area contributed by atoms with Crippen molar-refractivity contribution in [2.45, 2.75) is 52.1 Å². The van der Waals surface area contributed by atoms with Crippen LogP contribution in [-0.2, 0) is 4.79 Å². The number of amides is 1. The van der Waals surface area contributed by atoms with Crippen molar-refractivity contribution >= 4 is 5.91 Å². The Bertz CT molecular complexity index is 435. The number of nitrogens with one attached hydrogen (secondary N) is 2. The summed E-state index contributed by atoms with van der Waals surface area (Å²) in [5.74, 6) is 0.872. The van der Waals surface area contributed by atoms with E-state index in [9.17, 15) is 4.79 Å². The van der Waals surface area contributed by atoms with Gasteiger partial charge in [0.1, 0.15) is 0 Å². The Hall–Kier alpha value is -1.35. The molecular formula is C17H26N2O. The minimum atomic E-state index is 0.131. The van der Waals surface area contributed by atoms with Crippen LogP contribution in [0.4, 0.5) is 0 Å². The molecule has 1 fully saturated rings. The lowest BCUT2D eigenvalue weighted by Crippen LogP contribution is -2.33. The summed E-state index contributed by atoms with van der Waals surface area (Å²) in [5, 5.41) is 6.49. The van der Waals surface area contributed by atoms with Crippen LogP contribution in [0.15, 0.2) is 24.3 Å². The molecule has 1 amide bonds. The maximum absolute atomic E-state index is 11.7. The zero-order valence-electron chi connectivity index (χ0n) is 12.8. The lowest BCUT2D eigenvalue weighted by atomic mass is 10.0. The van der Waals surface area contributed by atoms with Gasteiger partial charge < -0.3 is 10.6 Å². The van der Waals surface area contributed by atoms with E-state index in [2.05, 4.69) is 41.8 Å². The van der Waals surface area contributed by atoms with Crippen molar-refractivity contribution < 1.29 is 4.79 Å². The molecule has 0 aliphatic heterocycles. The Morgan fingerprint density at radius 3 is 2.45 bits per heavy atom. The van der Waals surface area contributed by atoms with Gasteiger partial charge in [-0.05, 0) is 45.1 Å². The van der Waals surface area contributed by atoms with Gasteiger partial charge in [0.25, 0.3) is 0 Å². The van der Waals surface area contributed by atoms with Crippen LogP contribution >= 0.6 is 0 Å². The van der Waals surface area contributed by atoms with Crippen LogP contribution in [0.5, 0.6) is 0 Å². The van der Waals surface area contributed by atoms with Gasteiger partial charge in [0.2, 0.25) is 5.91 Å². The molecule has 1 atom stereocenters. The van der Waals surface area contributed by atoms with Gasteiger partial charge in [0.05, 0.1) is 0 Å². The number of benzene rings is 1. The van der Waals surface area contributed by atoms with Crippen LogP contribution in [0.25, 0.3) is 0 Å². The summed E-state index contributed by atoms with van der Waals surface area (Å²) in [7, 11) is 0. The van der Waals surface area contributed by atoms with Crippen LogP contribution in [-0.4, -0.2) is 18.5 Å². The van der Waals surface area contributed by atoms with Gasteiger partial charge in [-0.2, -0.15) is 0 Å². The Morgan fingerprint density at radius 1 is 1.25 bits per heavy atom. The second-order valence-corrected chi connectivity index (χ2v) is 6.15. The first-order valence-electron chi connectivity index (χ1n) is 7.65. The molecule has 1 aliphatic carbocycles. The summed E-state index contributed by atoms with van der Waals surface area (Å²) in [6.07, 6.45) is 3.14. The summed E-state index contributed by atoms with van der Waals surface area (Å²) in [6, 6.07) is 9.37. The molecule has 0 aromatic heterocycles. The standard InChI is InChI=1S/C17H26N2O/c1-12(2)19-16(20)10-11-18-17(15-8-9-15)14-6-4-13(3)5-7-14/h4-7,12,15,17-18H,8-11H2,1-3H3,(H,19,20). The summed E-state index contributed by atoms with van der Waals surface area (Å²) in [4.78, 5) is 11.7. The van der Waals surface area contributed by atoms with Crippen LogP contribution in [0.2, 0.25) is 0 Å². The normalized spacial score (nSPS) is 16.2. The predicted molar refractivity (Wildman–Crippen MR) is 82.5 cm³/mol. The molecule has 0 radical (unpaired) electrons. The first-order valence-corrected chi connectivity index (χ1v) is 7.65. The molecule has 1 saturated carbocycles. The van der Waals surface area contributed by atoms with E-state index in [0.717, 1.165) is 12.5 Å². The van der Waals surface area contributed by atoms with E-state index in [-0.39, 0.29) is 11.9 Å². The van der Waals surface area contributed by atoms with Crippen LogP contribution in [0.1, 0.15) is 50.3 Å². The van der Waals surface area contributed by atoms with Crippen molar-refractivity contribution in [3.8, 4) is 0 Å². The number of carbonyl (C=O) groups excluding carboxylic acids is 1. The molecule has 1 aromatic carbocycles. The quantitative estimate of drug-likeness (QED) is 0.802. The predicted octanol–water partition coefficient (Wildman–Crippen LogP) is 2.95. The van der Waals surface area contributed by atoms with Gasteiger partial charge in [-0.3, -0.25) is 4.79 Å². The van der Waals surface area contributed by atoms with Crippen molar-refractivity contribution in [3.05, 3.63) is 35.4 Å². The molecule has 0 heterocycles. The lowest BCUT2D eigenvalue weighted by molar-refractivity contribution is -0.121. The Kier molecular flexibility index (Phi) is 5.18. The largest absolute Gasteiger partial charge is 0.354 e. The zero-order valence-corrected chi connectivity index (χ0v) is 12.8. The molecule has 110 valence electrons. The number of hydrogen-bond donors (Lipinski definition) is 2. The molecule has 1 unspecified atom stereocenters. The maximum atomic E-state index is 11.7. The smallest absolute Gasteiger partial charge is 0.221 e. The van der Waals surface area contributed by atoms with E-state index in [1.807, 2.05) is 13.8 Å². The third-order valence-electron chi connectivity index (χ3n) is 3.70. The molecule has 3 nitrogen and oxygen atoms in total.